The molecule has 0 aromatic heterocycles. The first kappa shape index (κ1) is 19.4. The molecule has 1 aliphatic carbocycles. The van der Waals surface area contributed by atoms with Crippen LogP contribution in [-0.2, 0) is 18.8 Å². The molecule has 5 nitrogen and oxygen atoms in total. The summed E-state index contributed by atoms with van der Waals surface area (Å²) in [6.45, 7) is 12.2. The molecular formula is C20H31NO4Si. The summed E-state index contributed by atoms with van der Waals surface area (Å²) in [7, 11) is -1.74. The fraction of sp³-hybridized carbons (Fsp3) is 0.700. The lowest BCUT2D eigenvalue weighted by molar-refractivity contribution is -0.163. The van der Waals surface area contributed by atoms with Crippen LogP contribution in [0.15, 0.2) is 23.9 Å². The molecular weight excluding hydrogens is 346 g/mol. The van der Waals surface area contributed by atoms with Crippen molar-refractivity contribution in [3.8, 4) is 0 Å². The third kappa shape index (κ3) is 3.41. The predicted octanol–water partition coefficient (Wildman–Crippen LogP) is 3.63. The van der Waals surface area contributed by atoms with Gasteiger partial charge >= 0.3 is 5.97 Å². The molecule has 26 heavy (non-hydrogen) atoms. The molecule has 0 bridgehead atoms. The number of ether oxygens (including phenoxy) is 1. The van der Waals surface area contributed by atoms with Gasteiger partial charge in [0.1, 0.15) is 12.3 Å². The molecule has 0 unspecified atom stereocenters. The smallest absolute Gasteiger partial charge is 0.355 e. The maximum atomic E-state index is 13.0. The molecule has 1 amide bonds. The van der Waals surface area contributed by atoms with E-state index >= 15 is 0 Å². The van der Waals surface area contributed by atoms with Crippen molar-refractivity contribution in [2.75, 3.05) is 6.61 Å². The van der Waals surface area contributed by atoms with E-state index in [9.17, 15) is 9.59 Å². The Kier molecular flexibility index (Phi) is 5.44. The minimum absolute atomic E-state index is 0.0203. The normalized spacial score (nSPS) is 29.5. The molecule has 2 heterocycles. The summed E-state index contributed by atoms with van der Waals surface area (Å²) in [5.41, 5.74) is 1.66. The molecule has 2 aliphatic heterocycles. The Hall–Kier alpha value is -1.40. The van der Waals surface area contributed by atoms with E-state index in [0.717, 1.165) is 31.3 Å². The van der Waals surface area contributed by atoms with E-state index in [-0.39, 0.29) is 42.5 Å². The molecule has 2 fully saturated rings. The summed E-state index contributed by atoms with van der Waals surface area (Å²) in [6, 6.07) is 0.0632. The first-order valence-electron chi connectivity index (χ1n) is 9.78. The lowest BCUT2D eigenvalue weighted by Crippen LogP contribution is -2.65. The Labute approximate surface area is 157 Å². The Balaban J connectivity index is 1.88. The van der Waals surface area contributed by atoms with Crippen LogP contribution in [-0.4, -0.2) is 43.8 Å². The molecule has 0 spiro atoms. The summed E-state index contributed by atoms with van der Waals surface area (Å²) < 4.78 is 11.5. The zero-order chi connectivity index (χ0) is 19.1. The third-order valence-electron chi connectivity index (χ3n) is 5.63. The monoisotopic (exact) mass is 377 g/mol. The second-order valence-electron chi connectivity index (χ2n) is 8.63. The maximum absolute atomic E-state index is 13.0. The summed E-state index contributed by atoms with van der Waals surface area (Å²) in [6.07, 6.45) is 6.79. The largest absolute Gasteiger partial charge is 0.457 e. The quantitative estimate of drug-likeness (QED) is 0.307. The van der Waals surface area contributed by atoms with Gasteiger partial charge in [-0.15, -0.1) is 0 Å². The number of carbonyl (C=O) groups is 2. The number of hydrogen-bond acceptors (Lipinski definition) is 4. The van der Waals surface area contributed by atoms with Gasteiger partial charge in [-0.05, 0) is 51.4 Å². The lowest BCUT2D eigenvalue weighted by atomic mass is 9.75. The van der Waals surface area contributed by atoms with Crippen LogP contribution in [0.4, 0.5) is 0 Å². The number of amides is 1. The Bertz CT molecular complexity index is 636. The van der Waals surface area contributed by atoms with Gasteiger partial charge in [-0.25, -0.2) is 4.79 Å². The van der Waals surface area contributed by atoms with Crippen molar-refractivity contribution in [2.45, 2.75) is 70.8 Å². The standard InChI is InChI=1S/C20H31NO4Si/c1-6-12-24-20(23)18-15-11-9-7-8-10-14(15)17-16(19(22)21(17)18)13(2)25-26(3,4)5/h6,13-14,16-17H,1,7-12H2,2-5H3/t13-,14+,16-,17-/m1/s1. The molecule has 0 aromatic carbocycles. The number of carbonyl (C=O) groups excluding carboxylic acids is 2. The van der Waals surface area contributed by atoms with Gasteiger partial charge in [-0.2, -0.15) is 0 Å². The molecule has 0 aromatic rings. The highest BCUT2D eigenvalue weighted by Gasteiger charge is 2.61. The molecule has 3 aliphatic rings. The van der Waals surface area contributed by atoms with Gasteiger partial charge in [0.2, 0.25) is 5.91 Å². The van der Waals surface area contributed by atoms with E-state index in [4.69, 9.17) is 9.16 Å². The van der Waals surface area contributed by atoms with Gasteiger partial charge in [-0.1, -0.05) is 25.5 Å². The van der Waals surface area contributed by atoms with Crippen LogP contribution in [0.2, 0.25) is 19.6 Å². The van der Waals surface area contributed by atoms with E-state index in [1.165, 1.54) is 6.42 Å². The fourth-order valence-electron chi connectivity index (χ4n) is 4.81. The van der Waals surface area contributed by atoms with Crippen molar-refractivity contribution in [3.05, 3.63) is 23.9 Å². The van der Waals surface area contributed by atoms with Crippen molar-refractivity contribution in [1.82, 2.24) is 4.90 Å². The van der Waals surface area contributed by atoms with Gasteiger partial charge in [0.25, 0.3) is 0 Å². The van der Waals surface area contributed by atoms with Crippen molar-refractivity contribution in [3.63, 3.8) is 0 Å². The maximum Gasteiger partial charge on any atom is 0.355 e. The first-order chi connectivity index (χ1) is 12.3. The zero-order valence-corrected chi connectivity index (χ0v) is 17.4. The van der Waals surface area contributed by atoms with Crippen LogP contribution in [0.1, 0.15) is 39.0 Å². The molecule has 4 atom stereocenters. The molecule has 0 N–H and O–H groups in total. The second kappa shape index (κ2) is 7.31. The second-order valence-corrected chi connectivity index (χ2v) is 13.1. The van der Waals surface area contributed by atoms with Crippen molar-refractivity contribution in [2.24, 2.45) is 11.8 Å². The summed E-state index contributed by atoms with van der Waals surface area (Å²) in [4.78, 5) is 27.4. The average molecular weight is 378 g/mol. The van der Waals surface area contributed by atoms with Gasteiger partial charge in [0, 0.05) is 5.92 Å². The van der Waals surface area contributed by atoms with Gasteiger partial charge in [0.05, 0.1) is 18.1 Å². The van der Waals surface area contributed by atoms with E-state index in [0.29, 0.717) is 5.70 Å². The van der Waals surface area contributed by atoms with Crippen LogP contribution in [0, 0.1) is 11.8 Å². The van der Waals surface area contributed by atoms with Gasteiger partial charge in [-0.3, -0.25) is 4.79 Å². The van der Waals surface area contributed by atoms with Crippen molar-refractivity contribution in [1.29, 1.82) is 0 Å². The van der Waals surface area contributed by atoms with Crippen molar-refractivity contribution >= 4 is 20.2 Å². The first-order valence-corrected chi connectivity index (χ1v) is 13.2. The van der Waals surface area contributed by atoms with Gasteiger partial charge in [0.15, 0.2) is 8.32 Å². The summed E-state index contributed by atoms with van der Waals surface area (Å²) >= 11 is 0. The third-order valence-corrected chi connectivity index (χ3v) is 6.70. The van der Waals surface area contributed by atoms with Crippen LogP contribution in [0.3, 0.4) is 0 Å². The topological polar surface area (TPSA) is 55.8 Å². The van der Waals surface area contributed by atoms with Crippen molar-refractivity contribution < 1.29 is 18.8 Å². The van der Waals surface area contributed by atoms with E-state index < -0.39 is 8.32 Å². The zero-order valence-electron chi connectivity index (χ0n) is 16.4. The molecule has 1 saturated carbocycles. The van der Waals surface area contributed by atoms with Gasteiger partial charge < -0.3 is 14.1 Å². The SMILES string of the molecule is C=CCOC(=O)C1=C2CCCCC[C@@H]2[C@@H]2[C@@H]([C@@H](C)O[Si](C)(C)C)C(=O)N12. The summed E-state index contributed by atoms with van der Waals surface area (Å²) in [5.74, 6) is -0.226. The van der Waals surface area contributed by atoms with Crippen LogP contribution >= 0.6 is 0 Å². The van der Waals surface area contributed by atoms with Crippen LogP contribution < -0.4 is 0 Å². The fourth-order valence-corrected chi connectivity index (χ4v) is 6.07. The molecule has 1 saturated heterocycles. The number of rotatable bonds is 6. The Morgan fingerprint density at radius 1 is 1.35 bits per heavy atom. The molecule has 0 radical (unpaired) electrons. The molecule has 3 rings (SSSR count). The van der Waals surface area contributed by atoms with E-state index in [2.05, 4.69) is 26.2 Å². The minimum Gasteiger partial charge on any atom is -0.457 e. The van der Waals surface area contributed by atoms with Crippen LogP contribution in [0.5, 0.6) is 0 Å². The highest BCUT2D eigenvalue weighted by Crippen LogP contribution is 2.52. The Morgan fingerprint density at radius 3 is 2.73 bits per heavy atom. The number of β-lactam (4-membered cyclic amide) rings is 1. The number of esters is 1. The number of nitrogens with zero attached hydrogens (tertiary/aromatic N) is 1. The molecule has 6 heteroatoms. The van der Waals surface area contributed by atoms with E-state index in [1.54, 1.807) is 11.0 Å². The number of fused-ring (bicyclic) bond motifs is 3. The highest BCUT2D eigenvalue weighted by atomic mass is 28.4. The van der Waals surface area contributed by atoms with Crippen LogP contribution in [0.25, 0.3) is 0 Å². The lowest BCUT2D eigenvalue weighted by Gasteiger charge is -2.49. The number of hydrogen-bond donors (Lipinski definition) is 0. The average Bonchev–Trinajstić information content (AvgIpc) is 2.68. The minimum atomic E-state index is -1.74. The Morgan fingerprint density at radius 2 is 2.08 bits per heavy atom. The summed E-state index contributed by atoms with van der Waals surface area (Å²) in [5, 5.41) is 0. The van der Waals surface area contributed by atoms with E-state index in [1.807, 2.05) is 6.92 Å². The predicted molar refractivity (Wildman–Crippen MR) is 103 cm³/mol. The molecule has 144 valence electrons. The highest BCUT2D eigenvalue weighted by molar-refractivity contribution is 6.69.